The van der Waals surface area contributed by atoms with Gasteiger partial charge in [0, 0.05) is 26.1 Å². The van der Waals surface area contributed by atoms with E-state index < -0.39 is 0 Å². The molecule has 0 saturated carbocycles. The molecule has 0 spiro atoms. The number of nitrogens with zero attached hydrogens (tertiary/aromatic N) is 3. The summed E-state index contributed by atoms with van der Waals surface area (Å²) in [7, 11) is 4.71. The van der Waals surface area contributed by atoms with Gasteiger partial charge >= 0.3 is 0 Å². The lowest BCUT2D eigenvalue weighted by molar-refractivity contribution is -0.119. The van der Waals surface area contributed by atoms with Gasteiger partial charge in [-0.15, -0.1) is 0 Å². The van der Waals surface area contributed by atoms with Gasteiger partial charge in [-0.05, 0) is 12.5 Å². The second-order valence-corrected chi connectivity index (χ2v) is 5.87. The van der Waals surface area contributed by atoms with E-state index in [1.54, 1.807) is 21.3 Å². The van der Waals surface area contributed by atoms with Crippen molar-refractivity contribution in [2.75, 3.05) is 39.3 Å². The van der Waals surface area contributed by atoms with Crippen LogP contribution >= 0.6 is 0 Å². The number of carbonyl (C=O) groups is 1. The van der Waals surface area contributed by atoms with Crippen LogP contribution in [0.25, 0.3) is 10.9 Å². The minimum atomic E-state index is -0.0209. The molecular weight excluding hydrogens is 324 g/mol. The van der Waals surface area contributed by atoms with Crippen molar-refractivity contribution in [1.29, 1.82) is 0 Å². The average molecular weight is 346 g/mol. The van der Waals surface area contributed by atoms with Gasteiger partial charge in [-0.2, -0.15) is 0 Å². The van der Waals surface area contributed by atoms with E-state index in [0.29, 0.717) is 29.3 Å². The van der Waals surface area contributed by atoms with E-state index in [4.69, 9.17) is 14.2 Å². The third-order valence-corrected chi connectivity index (χ3v) is 4.31. The summed E-state index contributed by atoms with van der Waals surface area (Å²) in [5.74, 6) is 2.34. The van der Waals surface area contributed by atoms with Crippen molar-refractivity contribution in [2.24, 2.45) is 0 Å². The predicted molar refractivity (Wildman–Crippen MR) is 93.6 cm³/mol. The molecule has 25 heavy (non-hydrogen) atoms. The molecule has 1 aliphatic rings. The molecule has 1 aromatic carbocycles. The molecule has 8 heteroatoms. The molecule has 3 rings (SSSR count). The molecule has 1 N–H and O–H groups in total. The molecule has 0 aliphatic carbocycles. The zero-order valence-corrected chi connectivity index (χ0v) is 14.8. The van der Waals surface area contributed by atoms with Gasteiger partial charge in [0.1, 0.15) is 17.7 Å². The van der Waals surface area contributed by atoms with E-state index >= 15 is 0 Å². The summed E-state index contributed by atoms with van der Waals surface area (Å²) < 4.78 is 16.4. The van der Waals surface area contributed by atoms with E-state index in [1.807, 2.05) is 6.07 Å². The van der Waals surface area contributed by atoms with E-state index in [2.05, 4.69) is 20.2 Å². The molecule has 2 heterocycles. The summed E-state index contributed by atoms with van der Waals surface area (Å²) in [4.78, 5) is 22.3. The minimum absolute atomic E-state index is 0.0209. The maximum absolute atomic E-state index is 11.3. The smallest absolute Gasteiger partial charge is 0.217 e. The molecule has 1 unspecified atom stereocenters. The van der Waals surface area contributed by atoms with Crippen LogP contribution in [0.5, 0.6) is 17.2 Å². The molecule has 0 bridgehead atoms. The van der Waals surface area contributed by atoms with Crippen LogP contribution in [-0.4, -0.2) is 56.3 Å². The Balaban J connectivity index is 2.07. The first-order valence-corrected chi connectivity index (χ1v) is 8.04. The first kappa shape index (κ1) is 17.1. The highest BCUT2D eigenvalue weighted by Gasteiger charge is 2.27. The van der Waals surface area contributed by atoms with Crippen molar-refractivity contribution in [3.05, 3.63) is 12.4 Å². The predicted octanol–water partition coefficient (Wildman–Crippen LogP) is 1.37. The Hall–Kier alpha value is -2.77. The molecule has 2 aromatic rings. The van der Waals surface area contributed by atoms with Crippen molar-refractivity contribution in [2.45, 2.75) is 19.4 Å². The van der Waals surface area contributed by atoms with Gasteiger partial charge in [-0.1, -0.05) is 0 Å². The van der Waals surface area contributed by atoms with Gasteiger partial charge in [0.05, 0.1) is 26.7 Å². The number of nitrogens with one attached hydrogen (secondary N) is 1. The lowest BCUT2D eigenvalue weighted by Gasteiger charge is -2.21. The number of anilines is 1. The average Bonchev–Trinajstić information content (AvgIpc) is 3.06. The van der Waals surface area contributed by atoms with Gasteiger partial charge in [0.15, 0.2) is 11.5 Å². The highest BCUT2D eigenvalue weighted by molar-refractivity contribution is 5.97. The molecule has 1 amide bonds. The van der Waals surface area contributed by atoms with Crippen LogP contribution in [0.4, 0.5) is 5.82 Å². The molecule has 1 aromatic heterocycles. The van der Waals surface area contributed by atoms with E-state index in [1.165, 1.54) is 13.3 Å². The Bertz CT molecular complexity index is 796. The SMILES string of the molecule is COc1cc2c(N3CCC(NC(C)=O)C3)ncnc2c(OC)c1OC. The Morgan fingerprint density at radius 1 is 1.20 bits per heavy atom. The fraction of sp³-hybridized carbons (Fsp3) is 0.471. The zero-order valence-electron chi connectivity index (χ0n) is 14.8. The zero-order chi connectivity index (χ0) is 18.0. The van der Waals surface area contributed by atoms with Gasteiger partial charge < -0.3 is 24.4 Å². The molecule has 1 saturated heterocycles. The summed E-state index contributed by atoms with van der Waals surface area (Å²) >= 11 is 0. The summed E-state index contributed by atoms with van der Waals surface area (Å²) in [5.41, 5.74) is 0.660. The van der Waals surface area contributed by atoms with Crippen LogP contribution < -0.4 is 24.4 Å². The highest BCUT2D eigenvalue weighted by atomic mass is 16.5. The van der Waals surface area contributed by atoms with Gasteiger partial charge in [0.2, 0.25) is 11.7 Å². The largest absolute Gasteiger partial charge is 0.493 e. The van der Waals surface area contributed by atoms with Crippen molar-refractivity contribution >= 4 is 22.6 Å². The van der Waals surface area contributed by atoms with Crippen LogP contribution in [-0.2, 0) is 4.79 Å². The number of rotatable bonds is 5. The number of hydrogen-bond donors (Lipinski definition) is 1. The number of ether oxygens (including phenoxy) is 3. The second kappa shape index (κ2) is 7.00. The quantitative estimate of drug-likeness (QED) is 0.875. The van der Waals surface area contributed by atoms with Gasteiger partial charge in [-0.25, -0.2) is 9.97 Å². The number of methoxy groups -OCH3 is 3. The summed E-state index contributed by atoms with van der Waals surface area (Å²) in [5, 5.41) is 3.78. The van der Waals surface area contributed by atoms with Crippen molar-refractivity contribution in [1.82, 2.24) is 15.3 Å². The maximum Gasteiger partial charge on any atom is 0.217 e. The monoisotopic (exact) mass is 346 g/mol. The number of aromatic nitrogens is 2. The number of benzene rings is 1. The van der Waals surface area contributed by atoms with Crippen LogP contribution in [0.1, 0.15) is 13.3 Å². The Labute approximate surface area is 146 Å². The van der Waals surface area contributed by atoms with Crippen LogP contribution in [0.2, 0.25) is 0 Å². The first-order valence-electron chi connectivity index (χ1n) is 8.04. The highest BCUT2D eigenvalue weighted by Crippen LogP contribution is 2.44. The molecule has 134 valence electrons. The lowest BCUT2D eigenvalue weighted by Crippen LogP contribution is -2.35. The van der Waals surface area contributed by atoms with Crippen LogP contribution in [0.15, 0.2) is 12.4 Å². The number of carbonyl (C=O) groups excluding carboxylic acids is 1. The Morgan fingerprint density at radius 2 is 1.96 bits per heavy atom. The van der Waals surface area contributed by atoms with Crippen molar-refractivity contribution in [3.63, 3.8) is 0 Å². The number of amides is 1. The van der Waals surface area contributed by atoms with Gasteiger partial charge in [0.25, 0.3) is 0 Å². The Morgan fingerprint density at radius 3 is 2.60 bits per heavy atom. The summed E-state index contributed by atoms with van der Waals surface area (Å²) in [6.07, 6.45) is 2.38. The van der Waals surface area contributed by atoms with Crippen molar-refractivity contribution in [3.8, 4) is 17.2 Å². The summed E-state index contributed by atoms with van der Waals surface area (Å²) in [6.45, 7) is 3.03. The van der Waals surface area contributed by atoms with E-state index in [-0.39, 0.29) is 11.9 Å². The molecule has 0 radical (unpaired) electrons. The minimum Gasteiger partial charge on any atom is -0.493 e. The molecule has 1 fully saturated rings. The first-order chi connectivity index (χ1) is 12.1. The third kappa shape index (κ3) is 3.11. The summed E-state index contributed by atoms with van der Waals surface area (Å²) in [6, 6.07) is 1.97. The number of hydrogen-bond acceptors (Lipinski definition) is 7. The maximum atomic E-state index is 11.3. The third-order valence-electron chi connectivity index (χ3n) is 4.31. The lowest BCUT2D eigenvalue weighted by atomic mass is 10.1. The van der Waals surface area contributed by atoms with Gasteiger partial charge in [-0.3, -0.25) is 4.79 Å². The topological polar surface area (TPSA) is 85.8 Å². The molecular formula is C17H22N4O4. The van der Waals surface area contributed by atoms with Crippen molar-refractivity contribution < 1.29 is 19.0 Å². The van der Waals surface area contributed by atoms with Crippen LogP contribution in [0.3, 0.4) is 0 Å². The van der Waals surface area contributed by atoms with Crippen LogP contribution in [0, 0.1) is 0 Å². The molecule has 1 aliphatic heterocycles. The molecule has 8 nitrogen and oxygen atoms in total. The fourth-order valence-corrected chi connectivity index (χ4v) is 3.26. The standard InChI is InChI=1S/C17H22N4O4/c1-10(22)20-11-5-6-21(8-11)17-12-7-13(23-2)15(24-3)16(25-4)14(12)18-9-19-17/h7,9,11H,5-6,8H2,1-4H3,(H,20,22). The molecule has 1 atom stereocenters. The number of fused-ring (bicyclic) bond motifs is 1. The second-order valence-electron chi connectivity index (χ2n) is 5.87. The fourth-order valence-electron chi connectivity index (χ4n) is 3.26. The van der Waals surface area contributed by atoms with E-state index in [0.717, 1.165) is 24.2 Å². The Kier molecular flexibility index (Phi) is 4.78. The normalized spacial score (nSPS) is 16.8. The van der Waals surface area contributed by atoms with E-state index in [9.17, 15) is 4.79 Å².